The van der Waals surface area contributed by atoms with Crippen molar-refractivity contribution < 1.29 is 27.8 Å². The van der Waals surface area contributed by atoms with E-state index in [1.807, 2.05) is 0 Å². The van der Waals surface area contributed by atoms with Crippen LogP contribution in [-0.4, -0.2) is 23.4 Å². The summed E-state index contributed by atoms with van der Waals surface area (Å²) < 4.78 is 33.4. The van der Waals surface area contributed by atoms with Gasteiger partial charge in [-0.05, 0) is 40.5 Å². The predicted octanol–water partition coefficient (Wildman–Crippen LogP) is 3.91. The van der Waals surface area contributed by atoms with Gasteiger partial charge in [-0.15, -0.1) is 0 Å². The zero-order valence-corrected chi connectivity index (χ0v) is 13.4. The summed E-state index contributed by atoms with van der Waals surface area (Å²) in [5.41, 5.74) is -0.0620. The molecule has 0 aliphatic carbocycles. The molecule has 0 amide bonds. The van der Waals surface area contributed by atoms with Crippen LogP contribution in [0.2, 0.25) is 0 Å². The molecule has 1 aromatic rings. The first kappa shape index (κ1) is 17.0. The Hall–Kier alpha value is -1.02. The molecule has 0 N–H and O–H groups in total. The van der Waals surface area contributed by atoms with Crippen LogP contribution >= 0.6 is 31.9 Å². The van der Waals surface area contributed by atoms with Crippen LogP contribution in [0.4, 0.5) is 8.78 Å². The quantitative estimate of drug-likeness (QED) is 0.415. The van der Waals surface area contributed by atoms with Crippen LogP contribution in [0.1, 0.15) is 23.7 Å². The number of esters is 2. The van der Waals surface area contributed by atoms with Gasteiger partial charge in [-0.25, -0.2) is 4.79 Å². The van der Waals surface area contributed by atoms with Crippen molar-refractivity contribution in [2.75, 3.05) is 0 Å². The highest BCUT2D eigenvalue weighted by Crippen LogP contribution is 2.28. The summed E-state index contributed by atoms with van der Waals surface area (Å²) in [7, 11) is 0. The number of alkyl halides is 3. The van der Waals surface area contributed by atoms with Crippen molar-refractivity contribution in [3.63, 3.8) is 0 Å². The van der Waals surface area contributed by atoms with Gasteiger partial charge >= 0.3 is 18.6 Å². The Morgan fingerprint density at radius 2 is 2.00 bits per heavy atom. The van der Waals surface area contributed by atoms with E-state index in [1.54, 1.807) is 6.92 Å². The number of hydrogen-bond acceptors (Lipinski definition) is 4. The van der Waals surface area contributed by atoms with Gasteiger partial charge in [0.25, 0.3) is 0 Å². The molecule has 4 nitrogen and oxygen atoms in total. The van der Waals surface area contributed by atoms with E-state index in [9.17, 15) is 18.4 Å². The van der Waals surface area contributed by atoms with E-state index in [4.69, 9.17) is 0 Å². The summed E-state index contributed by atoms with van der Waals surface area (Å²) in [6.45, 7) is -1.29. The Balaban J connectivity index is 2.86. The molecule has 0 saturated carbocycles. The van der Waals surface area contributed by atoms with Gasteiger partial charge in [0.2, 0.25) is 0 Å². The van der Waals surface area contributed by atoms with E-state index in [2.05, 4.69) is 41.3 Å². The van der Waals surface area contributed by atoms with Crippen LogP contribution < -0.4 is 4.74 Å². The normalized spacial score (nSPS) is 12.1. The van der Waals surface area contributed by atoms with Crippen molar-refractivity contribution in [3.8, 4) is 5.75 Å². The summed E-state index contributed by atoms with van der Waals surface area (Å²) >= 11 is 6.05. The highest BCUT2D eigenvalue weighted by molar-refractivity contribution is 9.10. The summed E-state index contributed by atoms with van der Waals surface area (Å²) in [5, 5.41) is 0. The van der Waals surface area contributed by atoms with Gasteiger partial charge in [0.05, 0.1) is 10.0 Å². The van der Waals surface area contributed by atoms with Crippen molar-refractivity contribution in [1.82, 2.24) is 0 Å². The van der Waals surface area contributed by atoms with E-state index in [0.29, 0.717) is 6.42 Å². The molecule has 1 rings (SSSR count). The predicted molar refractivity (Wildman–Crippen MR) is 74.2 cm³/mol. The molecule has 1 unspecified atom stereocenters. The van der Waals surface area contributed by atoms with Crippen molar-refractivity contribution in [3.05, 3.63) is 28.2 Å². The third kappa shape index (κ3) is 4.82. The first-order valence-electron chi connectivity index (χ1n) is 5.49. The molecule has 1 aromatic carbocycles. The fourth-order valence-corrected chi connectivity index (χ4v) is 1.63. The monoisotopic (exact) mass is 414 g/mol. The van der Waals surface area contributed by atoms with Gasteiger partial charge < -0.3 is 9.47 Å². The fourth-order valence-electron chi connectivity index (χ4n) is 1.20. The van der Waals surface area contributed by atoms with Crippen molar-refractivity contribution in [2.24, 2.45) is 0 Å². The van der Waals surface area contributed by atoms with Gasteiger partial charge in [0.1, 0.15) is 10.6 Å². The fraction of sp³-hybridized carbons (Fsp3) is 0.333. The second-order valence-corrected chi connectivity index (χ2v) is 5.57. The topological polar surface area (TPSA) is 52.6 Å². The van der Waals surface area contributed by atoms with Crippen LogP contribution in [0, 0.1) is 0 Å². The van der Waals surface area contributed by atoms with Crippen LogP contribution in [0.3, 0.4) is 0 Å². The van der Waals surface area contributed by atoms with Crippen LogP contribution in [-0.2, 0) is 9.53 Å². The lowest BCUT2D eigenvalue weighted by Crippen LogP contribution is -2.20. The van der Waals surface area contributed by atoms with E-state index < -0.39 is 23.4 Å². The Bertz CT molecular complexity index is 508. The van der Waals surface area contributed by atoms with E-state index in [1.165, 1.54) is 12.1 Å². The molecule has 0 aliphatic heterocycles. The molecule has 0 fully saturated rings. The highest BCUT2D eigenvalue weighted by Gasteiger charge is 2.20. The second kappa shape index (κ2) is 7.68. The van der Waals surface area contributed by atoms with Crippen LogP contribution in [0.5, 0.6) is 5.75 Å². The maximum Gasteiger partial charge on any atom is 0.387 e. The zero-order chi connectivity index (χ0) is 15.3. The lowest BCUT2D eigenvalue weighted by molar-refractivity contribution is -0.137. The van der Waals surface area contributed by atoms with Gasteiger partial charge in [0.15, 0.2) is 0 Å². The molecule has 0 spiro atoms. The van der Waals surface area contributed by atoms with Crippen LogP contribution in [0.15, 0.2) is 22.7 Å². The molecule has 20 heavy (non-hydrogen) atoms. The van der Waals surface area contributed by atoms with Gasteiger partial charge in [0, 0.05) is 0 Å². The molecule has 0 heterocycles. The number of carbonyl (C=O) groups excluding carboxylic acids is 2. The SMILES string of the molecule is CCC(Br)C(=O)OC(=O)c1ccc(Br)c(OC(F)F)c1. The molecule has 0 bridgehead atoms. The molecule has 0 radical (unpaired) electrons. The third-order valence-electron chi connectivity index (χ3n) is 2.19. The lowest BCUT2D eigenvalue weighted by atomic mass is 10.2. The van der Waals surface area contributed by atoms with Gasteiger partial charge in [-0.3, -0.25) is 4.79 Å². The molecule has 0 aromatic heterocycles. The number of halogens is 4. The van der Waals surface area contributed by atoms with Gasteiger partial charge in [-0.2, -0.15) is 8.78 Å². The Kier molecular flexibility index (Phi) is 6.54. The Morgan fingerprint density at radius 3 is 2.55 bits per heavy atom. The Morgan fingerprint density at radius 1 is 1.35 bits per heavy atom. The second-order valence-electron chi connectivity index (χ2n) is 3.61. The maximum absolute atomic E-state index is 12.2. The minimum absolute atomic E-state index is 0.0620. The standard InChI is InChI=1S/C12H10Br2F2O4/c1-2-7(13)11(18)20-10(17)6-3-4-8(14)9(5-6)19-12(15)16/h3-5,7,12H,2H2,1H3. The molecule has 0 saturated heterocycles. The molecule has 110 valence electrons. The smallest absolute Gasteiger partial charge is 0.387 e. The number of rotatable bonds is 5. The first-order valence-corrected chi connectivity index (χ1v) is 7.20. The first-order chi connectivity index (χ1) is 9.35. The number of ether oxygens (including phenoxy) is 2. The maximum atomic E-state index is 12.2. The summed E-state index contributed by atoms with van der Waals surface area (Å²) in [4.78, 5) is 22.5. The lowest BCUT2D eigenvalue weighted by Gasteiger charge is -2.09. The third-order valence-corrected chi connectivity index (χ3v) is 3.87. The van der Waals surface area contributed by atoms with Crippen molar-refractivity contribution in [2.45, 2.75) is 24.8 Å². The summed E-state index contributed by atoms with van der Waals surface area (Å²) in [6, 6.07) is 3.75. The average Bonchev–Trinajstić information content (AvgIpc) is 2.39. The zero-order valence-electron chi connectivity index (χ0n) is 10.2. The Labute approximate surface area is 130 Å². The number of hydrogen-bond donors (Lipinski definition) is 0. The molecular formula is C12H10Br2F2O4. The minimum atomic E-state index is -3.02. The largest absolute Gasteiger partial charge is 0.434 e. The molecule has 8 heteroatoms. The average molecular weight is 416 g/mol. The number of carbonyl (C=O) groups is 2. The summed E-state index contributed by atoms with van der Waals surface area (Å²) in [6.07, 6.45) is 0.451. The highest BCUT2D eigenvalue weighted by atomic mass is 79.9. The van der Waals surface area contributed by atoms with Gasteiger partial charge in [-0.1, -0.05) is 22.9 Å². The van der Waals surface area contributed by atoms with Crippen LogP contribution in [0.25, 0.3) is 0 Å². The van der Waals surface area contributed by atoms with E-state index >= 15 is 0 Å². The molecule has 1 atom stereocenters. The number of benzene rings is 1. The van der Waals surface area contributed by atoms with E-state index in [-0.39, 0.29) is 15.8 Å². The van der Waals surface area contributed by atoms with E-state index in [0.717, 1.165) is 6.07 Å². The summed E-state index contributed by atoms with van der Waals surface area (Å²) in [5.74, 6) is -1.89. The van der Waals surface area contributed by atoms with Crippen molar-refractivity contribution >= 4 is 43.8 Å². The van der Waals surface area contributed by atoms with Crippen molar-refractivity contribution in [1.29, 1.82) is 0 Å². The molecular weight excluding hydrogens is 406 g/mol. The minimum Gasteiger partial charge on any atom is -0.434 e. The molecule has 0 aliphatic rings.